The first kappa shape index (κ1) is 13.1. The van der Waals surface area contributed by atoms with Crippen molar-refractivity contribution < 1.29 is 9.53 Å². The van der Waals surface area contributed by atoms with Crippen LogP contribution >= 0.6 is 0 Å². The van der Waals surface area contributed by atoms with E-state index >= 15 is 0 Å². The number of nitrogens with zero attached hydrogens (tertiary/aromatic N) is 1. The van der Waals surface area contributed by atoms with E-state index in [0.29, 0.717) is 11.8 Å². The van der Waals surface area contributed by atoms with Gasteiger partial charge < -0.3 is 10.1 Å². The predicted octanol–water partition coefficient (Wildman–Crippen LogP) is 2.36. The molecule has 21 heavy (non-hydrogen) atoms. The third-order valence-electron chi connectivity index (χ3n) is 5.18. The lowest BCUT2D eigenvalue weighted by Crippen LogP contribution is -2.52. The summed E-state index contributed by atoms with van der Waals surface area (Å²) in [5.41, 5.74) is 1.31. The zero-order chi connectivity index (χ0) is 14.2. The molecule has 3 heterocycles. The van der Waals surface area contributed by atoms with E-state index in [4.69, 9.17) is 4.74 Å². The SMILES string of the molecule is O=C(N[C@@H]1C[C@H]1c1ccccc1)O[C@H]1CN2CCC1CC2. The molecule has 1 amide bonds. The third kappa shape index (κ3) is 2.77. The molecule has 1 saturated carbocycles. The van der Waals surface area contributed by atoms with Gasteiger partial charge in [-0.3, -0.25) is 4.90 Å². The van der Waals surface area contributed by atoms with Crippen LogP contribution in [0.3, 0.4) is 0 Å². The van der Waals surface area contributed by atoms with Gasteiger partial charge in [-0.1, -0.05) is 30.3 Å². The minimum Gasteiger partial charge on any atom is -0.445 e. The van der Waals surface area contributed by atoms with Crippen LogP contribution < -0.4 is 5.32 Å². The van der Waals surface area contributed by atoms with Crippen molar-refractivity contribution in [2.24, 2.45) is 5.92 Å². The molecule has 0 unspecified atom stereocenters. The lowest BCUT2D eigenvalue weighted by atomic mass is 9.86. The van der Waals surface area contributed by atoms with Gasteiger partial charge in [0.25, 0.3) is 0 Å². The highest BCUT2D eigenvalue weighted by molar-refractivity contribution is 5.68. The number of carbonyl (C=O) groups excluding carboxylic acids is 1. The number of amides is 1. The van der Waals surface area contributed by atoms with Crippen molar-refractivity contribution in [1.82, 2.24) is 10.2 Å². The zero-order valence-electron chi connectivity index (χ0n) is 12.2. The van der Waals surface area contributed by atoms with Crippen LogP contribution in [-0.4, -0.2) is 42.8 Å². The summed E-state index contributed by atoms with van der Waals surface area (Å²) in [6, 6.07) is 10.6. The highest BCUT2D eigenvalue weighted by Crippen LogP contribution is 2.40. The molecule has 0 spiro atoms. The van der Waals surface area contributed by atoms with E-state index in [1.54, 1.807) is 0 Å². The predicted molar refractivity (Wildman–Crippen MR) is 80.2 cm³/mol. The molecular formula is C17H22N2O2. The van der Waals surface area contributed by atoms with Crippen LogP contribution in [0.25, 0.3) is 0 Å². The lowest BCUT2D eigenvalue weighted by Gasteiger charge is -2.43. The Hall–Kier alpha value is -1.55. The van der Waals surface area contributed by atoms with Gasteiger partial charge in [-0.25, -0.2) is 4.79 Å². The summed E-state index contributed by atoms with van der Waals surface area (Å²) in [5.74, 6) is 1.04. The fourth-order valence-corrected chi connectivity index (χ4v) is 3.79. The number of fused-ring (bicyclic) bond motifs is 3. The molecule has 3 saturated heterocycles. The maximum atomic E-state index is 12.1. The summed E-state index contributed by atoms with van der Waals surface area (Å²) in [5, 5.41) is 3.03. The number of piperidine rings is 3. The molecule has 0 aromatic heterocycles. The molecule has 1 aliphatic carbocycles. The van der Waals surface area contributed by atoms with E-state index in [9.17, 15) is 4.79 Å². The van der Waals surface area contributed by atoms with E-state index in [2.05, 4.69) is 34.5 Å². The molecule has 4 fully saturated rings. The molecule has 2 bridgehead atoms. The van der Waals surface area contributed by atoms with Gasteiger partial charge in [-0.05, 0) is 43.8 Å². The normalized spacial score (nSPS) is 37.0. The average molecular weight is 286 g/mol. The van der Waals surface area contributed by atoms with Gasteiger partial charge in [-0.2, -0.15) is 0 Å². The summed E-state index contributed by atoms with van der Waals surface area (Å²) in [6.07, 6.45) is 3.25. The van der Waals surface area contributed by atoms with E-state index in [1.165, 1.54) is 31.5 Å². The number of rotatable bonds is 3. The quantitative estimate of drug-likeness (QED) is 0.927. The van der Waals surface area contributed by atoms with Crippen molar-refractivity contribution in [2.45, 2.75) is 37.3 Å². The van der Waals surface area contributed by atoms with Gasteiger partial charge in [0, 0.05) is 18.5 Å². The minimum atomic E-state index is -0.225. The number of alkyl carbamates (subject to hydrolysis) is 1. The Morgan fingerprint density at radius 1 is 1.19 bits per heavy atom. The number of hydrogen-bond donors (Lipinski definition) is 1. The first-order valence-electron chi connectivity index (χ1n) is 8.04. The standard InChI is InChI=1S/C17H22N2O2/c20-17(21-16-11-19-8-6-13(16)7-9-19)18-15-10-14(15)12-4-2-1-3-5-12/h1-5,13-16H,6-11H2,(H,18,20)/t14-,15+,16-/m0/s1. The second-order valence-electron chi connectivity index (χ2n) is 6.59. The molecule has 1 aromatic rings. The van der Waals surface area contributed by atoms with Gasteiger partial charge in [0.2, 0.25) is 0 Å². The lowest BCUT2D eigenvalue weighted by molar-refractivity contribution is -0.0332. The summed E-state index contributed by atoms with van der Waals surface area (Å²) in [6.45, 7) is 3.26. The van der Waals surface area contributed by atoms with E-state index in [-0.39, 0.29) is 18.2 Å². The van der Waals surface area contributed by atoms with Crippen molar-refractivity contribution >= 4 is 6.09 Å². The van der Waals surface area contributed by atoms with E-state index < -0.39 is 0 Å². The molecule has 112 valence electrons. The Kier molecular flexibility index (Phi) is 3.34. The minimum absolute atomic E-state index is 0.0985. The second-order valence-corrected chi connectivity index (χ2v) is 6.59. The summed E-state index contributed by atoms with van der Waals surface area (Å²) < 4.78 is 5.67. The van der Waals surface area contributed by atoms with Crippen molar-refractivity contribution in [3.63, 3.8) is 0 Å². The van der Waals surface area contributed by atoms with Crippen molar-refractivity contribution in [3.8, 4) is 0 Å². The average Bonchev–Trinajstić information content (AvgIpc) is 3.28. The molecule has 4 nitrogen and oxygen atoms in total. The van der Waals surface area contributed by atoms with Crippen LogP contribution in [0, 0.1) is 5.92 Å². The molecule has 3 aliphatic heterocycles. The molecule has 3 atom stereocenters. The van der Waals surface area contributed by atoms with Crippen LogP contribution in [0.4, 0.5) is 4.79 Å². The first-order valence-corrected chi connectivity index (χ1v) is 8.04. The van der Waals surface area contributed by atoms with Crippen LogP contribution in [0.15, 0.2) is 30.3 Å². The molecular weight excluding hydrogens is 264 g/mol. The van der Waals surface area contributed by atoms with Crippen LogP contribution in [0.2, 0.25) is 0 Å². The number of hydrogen-bond acceptors (Lipinski definition) is 3. The smallest absolute Gasteiger partial charge is 0.407 e. The highest BCUT2D eigenvalue weighted by atomic mass is 16.6. The summed E-state index contributed by atoms with van der Waals surface area (Å²) >= 11 is 0. The second kappa shape index (κ2) is 5.34. The van der Waals surface area contributed by atoms with Crippen LogP contribution in [0.5, 0.6) is 0 Å². The number of benzene rings is 1. The maximum Gasteiger partial charge on any atom is 0.407 e. The van der Waals surface area contributed by atoms with Crippen molar-refractivity contribution in [3.05, 3.63) is 35.9 Å². The van der Waals surface area contributed by atoms with Gasteiger partial charge in [0.05, 0.1) is 0 Å². The van der Waals surface area contributed by atoms with Gasteiger partial charge in [-0.15, -0.1) is 0 Å². The monoisotopic (exact) mass is 286 g/mol. The number of nitrogens with one attached hydrogen (secondary N) is 1. The van der Waals surface area contributed by atoms with E-state index in [0.717, 1.165) is 13.0 Å². The van der Waals surface area contributed by atoms with Gasteiger partial charge in [0.15, 0.2) is 0 Å². The highest BCUT2D eigenvalue weighted by Gasteiger charge is 2.41. The number of ether oxygens (including phenoxy) is 1. The molecule has 4 aliphatic rings. The fourth-order valence-electron chi connectivity index (χ4n) is 3.79. The van der Waals surface area contributed by atoms with Crippen LogP contribution in [0.1, 0.15) is 30.7 Å². The summed E-state index contributed by atoms with van der Waals surface area (Å²) in [4.78, 5) is 14.5. The Morgan fingerprint density at radius 3 is 2.62 bits per heavy atom. The molecule has 4 heteroatoms. The first-order chi connectivity index (χ1) is 10.3. The Bertz CT molecular complexity index is 511. The Balaban J connectivity index is 1.28. The van der Waals surface area contributed by atoms with Crippen LogP contribution in [-0.2, 0) is 4.74 Å². The van der Waals surface area contributed by atoms with Crippen molar-refractivity contribution in [1.29, 1.82) is 0 Å². The Labute approximate surface area is 125 Å². The molecule has 1 N–H and O–H groups in total. The van der Waals surface area contributed by atoms with E-state index in [1.807, 2.05) is 6.07 Å². The maximum absolute atomic E-state index is 12.1. The zero-order valence-corrected chi connectivity index (χ0v) is 12.2. The van der Waals surface area contributed by atoms with Crippen molar-refractivity contribution in [2.75, 3.05) is 19.6 Å². The third-order valence-corrected chi connectivity index (χ3v) is 5.18. The van der Waals surface area contributed by atoms with Gasteiger partial charge >= 0.3 is 6.09 Å². The molecule has 1 aromatic carbocycles. The molecule has 5 rings (SSSR count). The fraction of sp³-hybridized carbons (Fsp3) is 0.588. The van der Waals surface area contributed by atoms with Gasteiger partial charge in [0.1, 0.15) is 6.10 Å². The summed E-state index contributed by atoms with van der Waals surface area (Å²) in [7, 11) is 0. The number of carbonyl (C=O) groups is 1. The Morgan fingerprint density at radius 2 is 1.95 bits per heavy atom. The molecule has 0 radical (unpaired) electrons. The largest absolute Gasteiger partial charge is 0.445 e. The topological polar surface area (TPSA) is 41.6 Å².